The lowest BCUT2D eigenvalue weighted by Crippen LogP contribution is -2.26. The van der Waals surface area contributed by atoms with Crippen LogP contribution in [-0.4, -0.2) is 16.9 Å². The molecule has 6 nitrogen and oxygen atoms in total. The van der Waals surface area contributed by atoms with Crippen molar-refractivity contribution in [1.29, 1.82) is 0 Å². The lowest BCUT2D eigenvalue weighted by molar-refractivity contribution is -0.137. The third kappa shape index (κ3) is 5.54. The van der Waals surface area contributed by atoms with Crippen molar-refractivity contribution in [2.45, 2.75) is 16.1 Å². The van der Waals surface area contributed by atoms with E-state index in [-0.39, 0.29) is 22.0 Å². The summed E-state index contributed by atoms with van der Waals surface area (Å²) in [5, 5.41) is 0.171. The van der Waals surface area contributed by atoms with Crippen LogP contribution in [0.4, 0.5) is 18.9 Å². The minimum absolute atomic E-state index is 0.0843. The van der Waals surface area contributed by atoms with E-state index in [2.05, 4.69) is 15.0 Å². The molecule has 0 amide bonds. The number of hydrogen-bond acceptors (Lipinski definition) is 3. The zero-order valence-corrected chi connectivity index (χ0v) is 14.0. The first-order valence-electron chi connectivity index (χ1n) is 6.59. The molecule has 2 aromatic rings. The van der Waals surface area contributed by atoms with E-state index in [0.717, 1.165) is 24.0 Å². The van der Waals surface area contributed by atoms with Crippen LogP contribution in [0.5, 0.6) is 0 Å². The maximum Gasteiger partial charge on any atom is 0.417 e. The van der Waals surface area contributed by atoms with Crippen LogP contribution in [0, 0.1) is 0 Å². The molecule has 0 aliphatic heterocycles. The van der Waals surface area contributed by atoms with Gasteiger partial charge in [0.1, 0.15) is 5.03 Å². The molecule has 0 aliphatic rings. The standard InChI is InChI=1S/C14H12ClF3N6S/c15-10-5-7(14(16,17)18)6-22-11(10)25-9-3-1-8(2-4-9)23-13(21)24-12(19)20/h1-6H,(H6,19,20,21,23,24). The Morgan fingerprint density at radius 2 is 1.76 bits per heavy atom. The SMILES string of the molecule is NC(N)=NC(N)=Nc1ccc(Sc2ncc(C(F)(F)F)cc2Cl)cc1. The molecule has 11 heteroatoms. The van der Waals surface area contributed by atoms with E-state index in [0.29, 0.717) is 10.6 Å². The second-order valence-electron chi connectivity index (χ2n) is 4.61. The first-order valence-corrected chi connectivity index (χ1v) is 7.79. The summed E-state index contributed by atoms with van der Waals surface area (Å²) < 4.78 is 37.8. The number of benzene rings is 1. The molecule has 0 bridgehead atoms. The number of halogens is 4. The number of aliphatic imine (C=N–C) groups is 2. The Morgan fingerprint density at radius 1 is 1.12 bits per heavy atom. The smallest absolute Gasteiger partial charge is 0.370 e. The van der Waals surface area contributed by atoms with Gasteiger partial charge in [-0.05, 0) is 30.3 Å². The van der Waals surface area contributed by atoms with Gasteiger partial charge in [-0.2, -0.15) is 18.2 Å². The number of nitrogens with zero attached hydrogens (tertiary/aromatic N) is 3. The summed E-state index contributed by atoms with van der Waals surface area (Å²) in [5.41, 5.74) is 15.5. The first kappa shape index (κ1) is 18.9. The van der Waals surface area contributed by atoms with Crippen molar-refractivity contribution < 1.29 is 13.2 Å². The molecule has 0 saturated heterocycles. The third-order valence-electron chi connectivity index (χ3n) is 2.67. The van der Waals surface area contributed by atoms with Crippen molar-refractivity contribution in [2.24, 2.45) is 27.2 Å². The van der Waals surface area contributed by atoms with E-state index in [1.165, 1.54) is 0 Å². The highest BCUT2D eigenvalue weighted by molar-refractivity contribution is 7.99. The largest absolute Gasteiger partial charge is 0.417 e. The van der Waals surface area contributed by atoms with E-state index in [1.54, 1.807) is 24.3 Å². The summed E-state index contributed by atoms with van der Waals surface area (Å²) >= 11 is 6.99. The van der Waals surface area contributed by atoms with Gasteiger partial charge in [0.15, 0.2) is 5.96 Å². The van der Waals surface area contributed by atoms with E-state index in [1.807, 2.05) is 0 Å². The van der Waals surface area contributed by atoms with Crippen LogP contribution in [0.25, 0.3) is 0 Å². The summed E-state index contributed by atoms with van der Waals surface area (Å²) in [6.07, 6.45) is -3.75. The van der Waals surface area contributed by atoms with E-state index >= 15 is 0 Å². The van der Waals surface area contributed by atoms with Crippen LogP contribution in [0.1, 0.15) is 5.56 Å². The summed E-state index contributed by atoms with van der Waals surface area (Å²) in [6.45, 7) is 0. The Kier molecular flexibility index (Phi) is 5.75. The highest BCUT2D eigenvalue weighted by atomic mass is 35.5. The lowest BCUT2D eigenvalue weighted by Gasteiger charge is -2.09. The number of alkyl halides is 3. The van der Waals surface area contributed by atoms with Crippen molar-refractivity contribution in [3.8, 4) is 0 Å². The Balaban J connectivity index is 2.15. The summed E-state index contributed by atoms with van der Waals surface area (Å²) in [5.74, 6) is -0.315. The van der Waals surface area contributed by atoms with Crippen molar-refractivity contribution in [3.63, 3.8) is 0 Å². The molecule has 0 fully saturated rings. The fourth-order valence-electron chi connectivity index (χ4n) is 1.65. The number of rotatable bonds is 3. The average Bonchev–Trinajstić information content (AvgIpc) is 2.49. The van der Waals surface area contributed by atoms with Gasteiger partial charge < -0.3 is 17.2 Å². The molecule has 0 unspecified atom stereocenters. The number of hydrogen-bond donors (Lipinski definition) is 3. The van der Waals surface area contributed by atoms with Crippen LogP contribution >= 0.6 is 23.4 Å². The van der Waals surface area contributed by atoms with Gasteiger partial charge in [-0.1, -0.05) is 23.4 Å². The molecule has 132 valence electrons. The molecule has 0 radical (unpaired) electrons. The van der Waals surface area contributed by atoms with Gasteiger partial charge in [-0.3, -0.25) is 0 Å². The molecule has 0 spiro atoms. The predicted molar refractivity (Wildman–Crippen MR) is 91.9 cm³/mol. The van der Waals surface area contributed by atoms with Crippen molar-refractivity contribution in [3.05, 3.63) is 47.1 Å². The zero-order chi connectivity index (χ0) is 18.6. The second-order valence-corrected chi connectivity index (χ2v) is 6.08. The minimum atomic E-state index is -4.49. The van der Waals surface area contributed by atoms with Crippen LogP contribution < -0.4 is 17.2 Å². The number of nitrogens with two attached hydrogens (primary N) is 3. The van der Waals surface area contributed by atoms with Crippen LogP contribution in [0.3, 0.4) is 0 Å². The molecule has 1 aromatic carbocycles. The summed E-state index contributed by atoms with van der Waals surface area (Å²) in [4.78, 5) is 12.0. The average molecular weight is 389 g/mol. The monoisotopic (exact) mass is 388 g/mol. The normalized spacial score (nSPS) is 12.1. The van der Waals surface area contributed by atoms with E-state index in [4.69, 9.17) is 28.8 Å². The molecule has 0 atom stereocenters. The Morgan fingerprint density at radius 3 is 2.28 bits per heavy atom. The molecule has 0 saturated carbocycles. The first-order chi connectivity index (χ1) is 11.6. The number of pyridine rings is 1. The molecule has 6 N–H and O–H groups in total. The van der Waals surface area contributed by atoms with Gasteiger partial charge in [-0.25, -0.2) is 9.98 Å². The van der Waals surface area contributed by atoms with Gasteiger partial charge in [-0.15, -0.1) is 0 Å². The van der Waals surface area contributed by atoms with Gasteiger partial charge in [0.25, 0.3) is 0 Å². The van der Waals surface area contributed by atoms with E-state index in [9.17, 15) is 13.2 Å². The predicted octanol–water partition coefficient (Wildman–Crippen LogP) is 3.12. The van der Waals surface area contributed by atoms with Gasteiger partial charge in [0, 0.05) is 11.1 Å². The fraction of sp³-hybridized carbons (Fsp3) is 0.0714. The maximum atomic E-state index is 12.6. The van der Waals surface area contributed by atoms with Crippen LogP contribution in [-0.2, 0) is 6.18 Å². The molecular weight excluding hydrogens is 377 g/mol. The number of aromatic nitrogens is 1. The van der Waals surface area contributed by atoms with Gasteiger partial charge in [0.05, 0.1) is 16.3 Å². The van der Waals surface area contributed by atoms with E-state index < -0.39 is 11.7 Å². The van der Waals surface area contributed by atoms with Crippen molar-refractivity contribution >= 4 is 41.0 Å². The number of guanidine groups is 2. The molecule has 1 aromatic heterocycles. The molecule has 25 heavy (non-hydrogen) atoms. The maximum absolute atomic E-state index is 12.6. The van der Waals surface area contributed by atoms with Gasteiger partial charge in [0.2, 0.25) is 5.96 Å². The minimum Gasteiger partial charge on any atom is -0.370 e. The second kappa shape index (κ2) is 7.62. The highest BCUT2D eigenvalue weighted by Crippen LogP contribution is 2.36. The Labute approximate surface area is 150 Å². The lowest BCUT2D eigenvalue weighted by atomic mass is 10.3. The van der Waals surface area contributed by atoms with Gasteiger partial charge >= 0.3 is 6.18 Å². The summed E-state index contributed by atoms with van der Waals surface area (Å²) in [7, 11) is 0. The third-order valence-corrected chi connectivity index (χ3v) is 4.10. The van der Waals surface area contributed by atoms with Crippen molar-refractivity contribution in [1.82, 2.24) is 4.98 Å². The zero-order valence-electron chi connectivity index (χ0n) is 12.5. The molecule has 0 aliphatic carbocycles. The molecule has 2 rings (SSSR count). The van der Waals surface area contributed by atoms with Crippen LogP contribution in [0.2, 0.25) is 5.02 Å². The topological polar surface area (TPSA) is 116 Å². The molecule has 1 heterocycles. The Bertz CT molecular complexity index is 816. The Hall–Kier alpha value is -2.46. The van der Waals surface area contributed by atoms with Crippen LogP contribution in [0.15, 0.2) is 56.4 Å². The summed E-state index contributed by atoms with van der Waals surface area (Å²) in [6, 6.07) is 7.47. The van der Waals surface area contributed by atoms with Crippen molar-refractivity contribution in [2.75, 3.05) is 0 Å². The highest BCUT2D eigenvalue weighted by Gasteiger charge is 2.31. The fourth-order valence-corrected chi connectivity index (χ4v) is 2.68. The quantitative estimate of drug-likeness (QED) is 0.551. The molecular formula is C14H12ClF3N6S.